The molecule has 24 heavy (non-hydrogen) atoms. The van der Waals surface area contributed by atoms with Crippen molar-refractivity contribution in [2.24, 2.45) is 0 Å². The largest absolute Gasteiger partial charge is 1.00 e. The third-order valence-electron chi connectivity index (χ3n) is 0. The fourth-order valence-electron chi connectivity index (χ4n) is 0. The van der Waals surface area contributed by atoms with E-state index < -0.39 is 30.8 Å². The molecule has 0 aliphatic rings. The van der Waals surface area contributed by atoms with Crippen LogP contribution in [0.1, 0.15) is 0 Å². The van der Waals surface area contributed by atoms with Crippen LogP contribution in [0.5, 0.6) is 0 Å². The van der Waals surface area contributed by atoms with Gasteiger partial charge in [-0.25, -0.2) is 9.59 Å². The van der Waals surface area contributed by atoms with E-state index in [-0.39, 0.29) is 162 Å². The molecule has 0 saturated heterocycles. The van der Waals surface area contributed by atoms with Gasteiger partial charge in [-0.05, 0) is 6.16 Å². The second kappa shape index (κ2) is 49.7. The Morgan fingerprint density at radius 3 is 0.500 bits per heavy atom. The minimum Gasteiger partial charge on any atom is -0.652 e. The zero-order valence-corrected chi connectivity index (χ0v) is 23.1. The summed E-state index contributed by atoms with van der Waals surface area (Å²) < 4.78 is 0. The van der Waals surface area contributed by atoms with Crippen LogP contribution in [0.4, 0.5) is 24.0 Å². The van der Waals surface area contributed by atoms with Crippen molar-refractivity contribution in [3.63, 3.8) is 0 Å². The Kier molecular flexibility index (Phi) is 116. The minimum absolute atomic E-state index is 0. The van der Waals surface area contributed by atoms with Crippen molar-refractivity contribution in [2.45, 2.75) is 0 Å². The first kappa shape index (κ1) is 56.2. The fourth-order valence-corrected chi connectivity index (χ4v) is 0. The molecule has 15 nitrogen and oxygen atoms in total. The molecule has 120 valence electrons. The van der Waals surface area contributed by atoms with Crippen molar-refractivity contribution < 1.29 is 237 Å². The van der Waals surface area contributed by atoms with E-state index in [1.807, 2.05) is 0 Å². The fraction of sp³-hybridized carbons (Fsp3) is 0. The molecule has 0 aromatic rings. The first-order valence-electron chi connectivity index (χ1n) is 3.18. The Hall–Kier alpha value is 1.62. The molecule has 0 fully saturated rings. The molecule has 0 aliphatic carbocycles. The van der Waals surface area contributed by atoms with Crippen LogP contribution in [0.15, 0.2) is 0 Å². The summed E-state index contributed by atoms with van der Waals surface area (Å²) in [5, 5.41) is 75.2. The van der Waals surface area contributed by atoms with Crippen molar-refractivity contribution >= 4 is 30.8 Å². The summed E-state index contributed by atoms with van der Waals surface area (Å²) in [6.45, 7) is 0. The number of carboxylic acid groups (broad SMARTS) is 10. The van der Waals surface area contributed by atoms with E-state index in [2.05, 4.69) is 0 Å². The van der Waals surface area contributed by atoms with E-state index in [4.69, 9.17) is 75.0 Å². The molecule has 6 N–H and O–H groups in total. The number of rotatable bonds is 0. The first-order chi connectivity index (χ1) is 8.66. The average molecular weight is 430 g/mol. The summed E-state index contributed by atoms with van der Waals surface area (Å²) >= 11 is 0. The van der Waals surface area contributed by atoms with Gasteiger partial charge in [0.25, 0.3) is 0 Å². The van der Waals surface area contributed by atoms with Gasteiger partial charge in [0.15, 0.2) is 0 Å². The normalized spacial score (nSPS) is 5.00. The molecule has 19 heteroatoms. The maximum absolute atomic E-state index is 8.56. The van der Waals surface area contributed by atoms with E-state index in [1.54, 1.807) is 0 Å². The van der Waals surface area contributed by atoms with Crippen LogP contribution in [0.25, 0.3) is 0 Å². The molecule has 0 aromatic carbocycles. The monoisotopic (exact) mass is 430 g/mol. The van der Waals surface area contributed by atoms with Gasteiger partial charge in [-0.3, -0.25) is 0 Å². The number of hydrogen-bond acceptors (Lipinski definition) is 9. The molecule has 0 radical (unpaired) electrons. The quantitative estimate of drug-likeness (QED) is 0.194. The topological polar surface area (TPSA) is 299 Å². The second-order valence-corrected chi connectivity index (χ2v) is 1.35. The van der Waals surface area contributed by atoms with Gasteiger partial charge in [-0.1, -0.05) is 0 Å². The molecule has 0 aliphatic heterocycles. The molecular formula is C5H6K2Na2O15. The van der Waals surface area contributed by atoms with Crippen LogP contribution in [0, 0.1) is 0 Å². The van der Waals surface area contributed by atoms with Crippen LogP contribution in [-0.4, -0.2) is 61.4 Å². The van der Waals surface area contributed by atoms with Crippen molar-refractivity contribution in [3.8, 4) is 0 Å². The van der Waals surface area contributed by atoms with Crippen LogP contribution >= 0.6 is 0 Å². The van der Waals surface area contributed by atoms with Crippen molar-refractivity contribution in [3.05, 3.63) is 0 Å². The number of carbonyl (C=O) groups is 5. The molecule has 0 saturated carbocycles. The Bertz CT molecular complexity index is 221. The summed E-state index contributed by atoms with van der Waals surface area (Å²) in [4.78, 5) is 42.3. The molecule has 0 unspecified atom stereocenters. The molecule has 0 spiro atoms. The van der Waals surface area contributed by atoms with E-state index >= 15 is 0 Å². The zero-order chi connectivity index (χ0) is 17.9. The summed E-state index contributed by atoms with van der Waals surface area (Å²) in [6, 6.07) is 0. The summed E-state index contributed by atoms with van der Waals surface area (Å²) in [5.74, 6) is 0. The van der Waals surface area contributed by atoms with Crippen LogP contribution in [-0.2, 0) is 0 Å². The molecule has 0 heterocycles. The Labute approximate surface area is 262 Å². The van der Waals surface area contributed by atoms with Crippen LogP contribution in [0.2, 0.25) is 0 Å². The van der Waals surface area contributed by atoms with Gasteiger partial charge in [0.1, 0.15) is 0 Å². The van der Waals surface area contributed by atoms with Crippen molar-refractivity contribution in [1.82, 2.24) is 0 Å². The molecule has 0 aromatic heterocycles. The average Bonchev–Trinajstić information content (AvgIpc) is 1.94. The van der Waals surface area contributed by atoms with E-state index in [0.29, 0.717) is 0 Å². The van der Waals surface area contributed by atoms with E-state index in [1.165, 1.54) is 0 Å². The van der Waals surface area contributed by atoms with Crippen molar-refractivity contribution in [2.75, 3.05) is 0 Å². The van der Waals surface area contributed by atoms with Gasteiger partial charge in [0, 0.05) is 0 Å². The smallest absolute Gasteiger partial charge is 0.652 e. The molecule has 0 bridgehead atoms. The summed E-state index contributed by atoms with van der Waals surface area (Å²) in [7, 11) is 0. The van der Waals surface area contributed by atoms with Crippen LogP contribution < -0.4 is 182 Å². The van der Waals surface area contributed by atoms with E-state index in [0.717, 1.165) is 0 Å². The SMILES string of the molecule is O=C(O)O.O=C(O)O.O=C([O-])O.O=C([O-])O.O=C([O-])[O-].[K+].[K+].[Na+].[Na+]. The molecule has 0 rings (SSSR count). The molecular weight excluding hydrogens is 424 g/mol. The number of carbonyl (C=O) groups excluding carboxylic acids is 1. The number of hydrogen-bond donors (Lipinski definition) is 6. The third kappa shape index (κ3) is 4590. The van der Waals surface area contributed by atoms with Gasteiger partial charge in [-0.2, -0.15) is 0 Å². The third-order valence-corrected chi connectivity index (χ3v) is 0. The zero-order valence-electron chi connectivity index (χ0n) is 12.9. The predicted molar refractivity (Wildman–Crippen MR) is 42.8 cm³/mol. The summed E-state index contributed by atoms with van der Waals surface area (Å²) in [6.07, 6.45) is -10.2. The standard InChI is InChI=1S/5CH2O3.2K.2Na/c5*2-1(3)4;;;;/h5*(H2,2,3,4);;;;/q;;;;;4*+1/p-4. The van der Waals surface area contributed by atoms with E-state index in [9.17, 15) is 0 Å². The van der Waals surface area contributed by atoms with Crippen LogP contribution in [0.3, 0.4) is 0 Å². The maximum atomic E-state index is 8.56. The van der Waals surface area contributed by atoms with Gasteiger partial charge in [0.05, 0.1) is 0 Å². The first-order valence-corrected chi connectivity index (χ1v) is 3.18. The predicted octanol–water partition coefficient (Wildman–Crippen LogP) is -16.2. The Balaban J connectivity index is -0.0000000161. The molecule has 0 atom stereocenters. The maximum Gasteiger partial charge on any atom is 1.00 e. The Morgan fingerprint density at radius 2 is 0.500 bits per heavy atom. The van der Waals surface area contributed by atoms with Gasteiger partial charge in [-0.15, -0.1) is 0 Å². The Morgan fingerprint density at radius 1 is 0.500 bits per heavy atom. The molecule has 0 amide bonds. The van der Waals surface area contributed by atoms with Gasteiger partial charge >= 0.3 is 174 Å². The van der Waals surface area contributed by atoms with Gasteiger partial charge in [0.2, 0.25) is 12.3 Å². The summed E-state index contributed by atoms with van der Waals surface area (Å²) in [5.41, 5.74) is 0. The van der Waals surface area contributed by atoms with Gasteiger partial charge < -0.3 is 65.4 Å². The second-order valence-electron chi connectivity index (χ2n) is 1.35. The van der Waals surface area contributed by atoms with Crippen molar-refractivity contribution in [1.29, 1.82) is 0 Å². The minimum atomic E-state index is -2.33.